The van der Waals surface area contributed by atoms with Gasteiger partial charge in [-0.05, 0) is 36.4 Å². The second kappa shape index (κ2) is 9.33. The van der Waals surface area contributed by atoms with Crippen LogP contribution in [0.5, 0.6) is 0 Å². The van der Waals surface area contributed by atoms with Gasteiger partial charge in [-0.1, -0.05) is 4.47 Å². The summed E-state index contributed by atoms with van der Waals surface area (Å²) >= 11 is 0. The van der Waals surface area contributed by atoms with Gasteiger partial charge in [0.15, 0.2) is 0 Å². The number of benzene rings is 2. The number of aromatic nitrogens is 1. The molecule has 3 aromatic rings. The lowest BCUT2D eigenvalue weighted by atomic mass is 10.1. The molecule has 1 fully saturated rings. The van der Waals surface area contributed by atoms with Crippen molar-refractivity contribution in [3.63, 3.8) is 0 Å². The number of hydrogen-bond donors (Lipinski definition) is 0. The van der Waals surface area contributed by atoms with Crippen molar-refractivity contribution in [3.05, 3.63) is 70.5 Å². The van der Waals surface area contributed by atoms with E-state index in [9.17, 15) is 23.3 Å². The molecule has 0 spiro atoms. The molecular formula is C22H23N5O6S. The van der Waals surface area contributed by atoms with Gasteiger partial charge in [0.05, 0.1) is 22.3 Å². The molecule has 0 aliphatic carbocycles. The molecule has 2 heterocycles. The van der Waals surface area contributed by atoms with Gasteiger partial charge in [0.2, 0.25) is 0 Å². The maximum atomic E-state index is 13.0. The molecule has 178 valence electrons. The Kier molecular flexibility index (Phi) is 6.46. The average molecular weight is 486 g/mol. The van der Waals surface area contributed by atoms with E-state index >= 15 is 0 Å². The summed E-state index contributed by atoms with van der Waals surface area (Å²) in [7, 11) is -1.24. The Balaban J connectivity index is 1.48. The minimum Gasteiger partial charge on any atom is -0.367 e. The van der Waals surface area contributed by atoms with Crippen molar-refractivity contribution in [2.45, 2.75) is 4.90 Å². The van der Waals surface area contributed by atoms with Crippen LogP contribution in [0.2, 0.25) is 0 Å². The number of amides is 1. The van der Waals surface area contributed by atoms with E-state index in [1.165, 1.54) is 50.7 Å². The molecule has 0 radical (unpaired) electrons. The highest BCUT2D eigenvalue weighted by Gasteiger charge is 2.26. The molecular weight excluding hydrogens is 462 g/mol. The molecule has 1 aliphatic heterocycles. The second-order valence-electron chi connectivity index (χ2n) is 7.68. The molecule has 12 heteroatoms. The van der Waals surface area contributed by atoms with Crippen molar-refractivity contribution in [2.24, 2.45) is 0 Å². The van der Waals surface area contributed by atoms with E-state index in [1.54, 1.807) is 23.2 Å². The minimum absolute atomic E-state index is 0.00261. The Morgan fingerprint density at radius 1 is 1.06 bits per heavy atom. The van der Waals surface area contributed by atoms with Crippen molar-refractivity contribution in [1.82, 2.24) is 14.4 Å². The topological polar surface area (TPSA) is 126 Å². The largest absolute Gasteiger partial charge is 0.367 e. The number of anilines is 1. The molecule has 1 saturated heterocycles. The number of rotatable bonds is 6. The van der Waals surface area contributed by atoms with Gasteiger partial charge >= 0.3 is 0 Å². The van der Waals surface area contributed by atoms with Gasteiger partial charge in [-0.3, -0.25) is 24.7 Å². The van der Waals surface area contributed by atoms with Gasteiger partial charge < -0.3 is 9.80 Å². The fourth-order valence-corrected chi connectivity index (χ4v) is 4.92. The van der Waals surface area contributed by atoms with Crippen molar-refractivity contribution in [3.8, 4) is 0 Å². The van der Waals surface area contributed by atoms with Gasteiger partial charge in [-0.2, -0.15) is 0 Å². The van der Waals surface area contributed by atoms with E-state index in [-0.39, 0.29) is 16.5 Å². The zero-order valence-corrected chi connectivity index (χ0v) is 19.4. The van der Waals surface area contributed by atoms with Gasteiger partial charge in [-0.25, -0.2) is 8.42 Å². The summed E-state index contributed by atoms with van der Waals surface area (Å²) in [5.74, 6) is -0.193. The monoisotopic (exact) mass is 485 g/mol. The second-order valence-corrected chi connectivity index (χ2v) is 9.62. The molecule has 1 aromatic heterocycles. The van der Waals surface area contributed by atoms with Gasteiger partial charge in [0, 0.05) is 68.3 Å². The van der Waals surface area contributed by atoms with Crippen molar-refractivity contribution < 1.29 is 23.0 Å². The highest BCUT2D eigenvalue weighted by atomic mass is 32.2. The number of hydroxylamine groups is 1. The summed E-state index contributed by atoms with van der Waals surface area (Å²) in [6.07, 6.45) is 3.09. The SMILES string of the molecule is CON(C)S(=O)(=O)c1ccc(C(=O)N2CCN(c3ccc([N+](=O)[O-])c4cnccc34)CC2)cc1. The quantitative estimate of drug-likeness (QED) is 0.385. The Morgan fingerprint density at radius 3 is 2.35 bits per heavy atom. The van der Waals surface area contributed by atoms with Gasteiger partial charge in [-0.15, -0.1) is 0 Å². The number of pyridine rings is 1. The number of carbonyl (C=O) groups is 1. The third-order valence-corrected chi connectivity index (χ3v) is 7.56. The van der Waals surface area contributed by atoms with Gasteiger partial charge in [0.1, 0.15) is 0 Å². The van der Waals surface area contributed by atoms with E-state index in [4.69, 9.17) is 4.84 Å². The molecule has 0 saturated carbocycles. The number of hydrogen-bond acceptors (Lipinski definition) is 8. The predicted octanol–water partition coefficient (Wildman–Crippen LogP) is 2.29. The van der Waals surface area contributed by atoms with E-state index < -0.39 is 14.9 Å². The molecule has 1 amide bonds. The average Bonchev–Trinajstić information content (AvgIpc) is 2.87. The Bertz CT molecular complexity index is 1340. The number of nitro groups is 1. The third kappa shape index (κ3) is 4.30. The Morgan fingerprint density at radius 2 is 1.74 bits per heavy atom. The van der Waals surface area contributed by atoms with Crippen molar-refractivity contribution in [2.75, 3.05) is 45.2 Å². The lowest BCUT2D eigenvalue weighted by Crippen LogP contribution is -2.48. The van der Waals surface area contributed by atoms with Gasteiger partial charge in [0.25, 0.3) is 21.6 Å². The first-order valence-corrected chi connectivity index (χ1v) is 11.9. The molecule has 34 heavy (non-hydrogen) atoms. The molecule has 0 bridgehead atoms. The highest BCUT2D eigenvalue weighted by molar-refractivity contribution is 7.89. The van der Waals surface area contributed by atoms with Crippen LogP contribution in [0.4, 0.5) is 11.4 Å². The van der Waals surface area contributed by atoms with Crippen LogP contribution in [0, 0.1) is 10.1 Å². The van der Waals surface area contributed by atoms with Crippen LogP contribution in [0.3, 0.4) is 0 Å². The summed E-state index contributed by atoms with van der Waals surface area (Å²) in [5, 5.41) is 12.6. The smallest absolute Gasteiger partial charge is 0.278 e. The van der Waals surface area contributed by atoms with Crippen LogP contribution in [-0.4, -0.2) is 73.9 Å². The Labute approximate surface area is 196 Å². The maximum Gasteiger partial charge on any atom is 0.278 e. The summed E-state index contributed by atoms with van der Waals surface area (Å²) in [6.45, 7) is 2.00. The number of fused-ring (bicyclic) bond motifs is 1. The van der Waals surface area contributed by atoms with E-state index in [1.807, 2.05) is 0 Å². The van der Waals surface area contributed by atoms with Crippen LogP contribution in [0.25, 0.3) is 10.8 Å². The first-order chi connectivity index (χ1) is 16.2. The summed E-state index contributed by atoms with van der Waals surface area (Å²) in [4.78, 5) is 36.5. The zero-order valence-electron chi connectivity index (χ0n) is 18.6. The number of non-ortho nitro benzene ring substituents is 1. The fraction of sp³-hybridized carbons (Fsp3) is 0.273. The standard InChI is InChI=1S/C22H23N5O6S/c1-24(33-2)34(31,32)17-5-3-16(4-6-17)22(28)26-13-11-25(12-14-26)20-7-8-21(27(29)30)19-15-23-10-9-18(19)20/h3-10,15H,11-14H2,1-2H3. The molecule has 0 unspecified atom stereocenters. The van der Waals surface area contributed by atoms with E-state index in [0.717, 1.165) is 15.5 Å². The highest BCUT2D eigenvalue weighted by Crippen LogP contribution is 2.33. The number of nitrogens with zero attached hydrogens (tertiary/aromatic N) is 5. The van der Waals surface area contributed by atoms with Crippen LogP contribution >= 0.6 is 0 Å². The minimum atomic E-state index is -3.79. The van der Waals surface area contributed by atoms with Crippen molar-refractivity contribution in [1.29, 1.82) is 0 Å². The van der Waals surface area contributed by atoms with Crippen molar-refractivity contribution >= 4 is 38.1 Å². The third-order valence-electron chi connectivity index (χ3n) is 5.87. The molecule has 2 aromatic carbocycles. The van der Waals surface area contributed by atoms with Crippen LogP contribution < -0.4 is 4.90 Å². The molecule has 11 nitrogen and oxygen atoms in total. The molecule has 1 aliphatic rings. The number of nitro benzene ring substituents is 1. The predicted molar refractivity (Wildman–Crippen MR) is 125 cm³/mol. The summed E-state index contributed by atoms with van der Waals surface area (Å²) < 4.78 is 25.4. The van der Waals surface area contributed by atoms with E-state index in [2.05, 4.69) is 9.88 Å². The van der Waals surface area contributed by atoms with E-state index in [0.29, 0.717) is 37.1 Å². The lowest BCUT2D eigenvalue weighted by Gasteiger charge is -2.36. The lowest BCUT2D eigenvalue weighted by molar-refractivity contribution is -0.383. The maximum absolute atomic E-state index is 13.0. The number of carbonyl (C=O) groups excluding carboxylic acids is 1. The summed E-state index contributed by atoms with van der Waals surface area (Å²) in [5.41, 5.74) is 1.24. The molecule has 0 atom stereocenters. The molecule has 0 N–H and O–H groups in total. The molecule has 4 rings (SSSR count). The summed E-state index contributed by atoms with van der Waals surface area (Å²) in [6, 6.07) is 10.7. The normalized spacial score (nSPS) is 14.6. The number of sulfonamides is 1. The Hall–Kier alpha value is -3.61. The fourth-order valence-electron chi connectivity index (χ4n) is 3.94. The van der Waals surface area contributed by atoms with Crippen LogP contribution in [0.1, 0.15) is 10.4 Å². The number of piperazine rings is 1. The first kappa shape index (κ1) is 23.5. The zero-order chi connectivity index (χ0) is 24.5. The van der Waals surface area contributed by atoms with Crippen LogP contribution in [0.15, 0.2) is 59.8 Å². The first-order valence-electron chi connectivity index (χ1n) is 10.4. The van der Waals surface area contributed by atoms with Crippen LogP contribution in [-0.2, 0) is 14.9 Å².